The molecule has 0 aliphatic heterocycles. The lowest BCUT2D eigenvalue weighted by atomic mass is 9.96. The van der Waals surface area contributed by atoms with Crippen LogP contribution in [0.4, 0.5) is 5.69 Å². The molecule has 1 saturated carbocycles. The highest BCUT2D eigenvalue weighted by Crippen LogP contribution is 2.37. The van der Waals surface area contributed by atoms with Gasteiger partial charge < -0.3 is 11.5 Å². The third-order valence-electron chi connectivity index (χ3n) is 5.40. The number of fused-ring (bicyclic) bond motifs is 1. The highest BCUT2D eigenvalue weighted by Gasteiger charge is 2.27. The van der Waals surface area contributed by atoms with Gasteiger partial charge in [0, 0.05) is 17.3 Å². The van der Waals surface area contributed by atoms with Gasteiger partial charge >= 0.3 is 0 Å². The zero-order valence-electron chi connectivity index (χ0n) is 14.9. The maximum Gasteiger partial charge on any atom is 0.251 e. The van der Waals surface area contributed by atoms with E-state index in [9.17, 15) is 10.1 Å². The van der Waals surface area contributed by atoms with Crippen LogP contribution in [0.5, 0.6) is 0 Å². The first kappa shape index (κ1) is 17.1. The molecule has 4 rings (SSSR count). The molecule has 1 fully saturated rings. The first-order chi connectivity index (χ1) is 13.1. The summed E-state index contributed by atoms with van der Waals surface area (Å²) in [5.41, 5.74) is 14.5. The van der Waals surface area contributed by atoms with E-state index < -0.39 is 5.91 Å². The molecule has 3 aromatic heterocycles. The number of aromatic nitrogens is 4. The number of nitrogens with two attached hydrogens (primary N) is 2. The Labute approximate surface area is 156 Å². The number of carbonyl (C=O) groups excluding carboxylic acids is 1. The van der Waals surface area contributed by atoms with Crippen LogP contribution in [-0.4, -0.2) is 25.3 Å². The molecule has 1 atom stereocenters. The van der Waals surface area contributed by atoms with Crippen molar-refractivity contribution in [2.24, 2.45) is 11.7 Å². The molecule has 1 aliphatic rings. The van der Waals surface area contributed by atoms with E-state index in [-0.39, 0.29) is 6.04 Å². The fraction of sp³-hybridized carbons (Fsp3) is 0.368. The third-order valence-corrected chi connectivity index (χ3v) is 5.40. The number of anilines is 1. The van der Waals surface area contributed by atoms with Gasteiger partial charge in [0.05, 0.1) is 53.9 Å². The van der Waals surface area contributed by atoms with Gasteiger partial charge in [0.2, 0.25) is 0 Å². The van der Waals surface area contributed by atoms with E-state index in [4.69, 9.17) is 11.5 Å². The second-order valence-corrected chi connectivity index (χ2v) is 7.08. The normalized spacial score (nSPS) is 15.8. The van der Waals surface area contributed by atoms with Gasteiger partial charge in [-0.15, -0.1) is 0 Å². The number of hydrogen-bond acceptors (Lipinski definition) is 5. The third kappa shape index (κ3) is 3.01. The minimum Gasteiger partial charge on any atom is -0.397 e. The molecule has 8 heteroatoms. The first-order valence-corrected chi connectivity index (χ1v) is 9.06. The minimum absolute atomic E-state index is 0.0398. The Morgan fingerprint density at radius 3 is 2.78 bits per heavy atom. The highest BCUT2D eigenvalue weighted by atomic mass is 16.1. The predicted molar refractivity (Wildman–Crippen MR) is 101 cm³/mol. The molecule has 27 heavy (non-hydrogen) atoms. The lowest BCUT2D eigenvalue weighted by molar-refractivity contribution is 0.100. The second-order valence-electron chi connectivity index (χ2n) is 7.08. The van der Waals surface area contributed by atoms with Crippen molar-refractivity contribution in [3.8, 4) is 17.2 Å². The number of rotatable bonds is 5. The summed E-state index contributed by atoms with van der Waals surface area (Å²) in [7, 11) is 0. The van der Waals surface area contributed by atoms with Gasteiger partial charge in [-0.25, -0.2) is 4.52 Å². The van der Waals surface area contributed by atoms with Crippen LogP contribution in [0.3, 0.4) is 0 Å². The smallest absolute Gasteiger partial charge is 0.251 e. The number of nitrogens with zero attached hydrogens (tertiary/aromatic N) is 5. The minimum atomic E-state index is -0.558. The Hall–Kier alpha value is -3.34. The van der Waals surface area contributed by atoms with E-state index in [0.717, 1.165) is 18.4 Å². The molecule has 138 valence electrons. The first-order valence-electron chi connectivity index (χ1n) is 9.06. The van der Waals surface area contributed by atoms with Crippen molar-refractivity contribution >= 4 is 17.1 Å². The van der Waals surface area contributed by atoms with Crippen molar-refractivity contribution in [3.63, 3.8) is 0 Å². The van der Waals surface area contributed by atoms with E-state index in [2.05, 4.69) is 16.3 Å². The largest absolute Gasteiger partial charge is 0.397 e. The van der Waals surface area contributed by atoms with Crippen molar-refractivity contribution in [3.05, 3.63) is 36.4 Å². The van der Waals surface area contributed by atoms with E-state index in [1.807, 2.05) is 10.9 Å². The van der Waals surface area contributed by atoms with Crippen LogP contribution in [-0.2, 0) is 0 Å². The summed E-state index contributed by atoms with van der Waals surface area (Å²) >= 11 is 0. The van der Waals surface area contributed by atoms with Crippen molar-refractivity contribution in [2.75, 3.05) is 5.73 Å². The fourth-order valence-corrected chi connectivity index (χ4v) is 4.13. The Kier molecular flexibility index (Phi) is 4.28. The van der Waals surface area contributed by atoms with Gasteiger partial charge in [0.25, 0.3) is 5.91 Å². The van der Waals surface area contributed by atoms with E-state index in [1.165, 1.54) is 19.0 Å². The molecule has 0 aromatic carbocycles. The van der Waals surface area contributed by atoms with Gasteiger partial charge in [0.1, 0.15) is 0 Å². The monoisotopic (exact) mass is 363 g/mol. The molecular formula is C19H21N7O. The number of nitriles is 1. The SMILES string of the molecule is N#CCC(C1CCCC1)n1cc(-c2c(C(N)=O)cnn3cc(N)cc23)cn1. The Bertz CT molecular complexity index is 1040. The summed E-state index contributed by atoms with van der Waals surface area (Å²) in [6, 6.07) is 4.09. The molecule has 3 heterocycles. The Balaban J connectivity index is 1.82. The number of primary amides is 1. The van der Waals surface area contributed by atoms with Crippen molar-refractivity contribution in [1.82, 2.24) is 19.4 Å². The number of carbonyl (C=O) groups is 1. The molecule has 1 amide bonds. The van der Waals surface area contributed by atoms with Crippen molar-refractivity contribution in [2.45, 2.75) is 38.1 Å². The van der Waals surface area contributed by atoms with Gasteiger partial charge in [-0.2, -0.15) is 15.5 Å². The van der Waals surface area contributed by atoms with Crippen LogP contribution in [0, 0.1) is 17.2 Å². The van der Waals surface area contributed by atoms with Gasteiger partial charge in [0.15, 0.2) is 0 Å². The summed E-state index contributed by atoms with van der Waals surface area (Å²) in [5, 5.41) is 18.0. The molecule has 0 spiro atoms. The van der Waals surface area contributed by atoms with Crippen LogP contribution < -0.4 is 11.5 Å². The summed E-state index contributed by atoms with van der Waals surface area (Å²) in [6.45, 7) is 0. The molecule has 0 radical (unpaired) electrons. The van der Waals surface area contributed by atoms with Crippen LogP contribution in [0.1, 0.15) is 48.5 Å². The molecule has 4 N–H and O–H groups in total. The molecular weight excluding hydrogens is 342 g/mol. The van der Waals surface area contributed by atoms with Crippen LogP contribution in [0.15, 0.2) is 30.9 Å². The summed E-state index contributed by atoms with van der Waals surface area (Å²) < 4.78 is 3.49. The Morgan fingerprint density at radius 2 is 2.07 bits per heavy atom. The average molecular weight is 363 g/mol. The molecule has 0 bridgehead atoms. The maximum absolute atomic E-state index is 12.0. The summed E-state index contributed by atoms with van der Waals surface area (Å²) in [4.78, 5) is 12.0. The Morgan fingerprint density at radius 1 is 1.30 bits per heavy atom. The zero-order chi connectivity index (χ0) is 19.0. The lowest BCUT2D eigenvalue weighted by Gasteiger charge is -2.21. The van der Waals surface area contributed by atoms with Crippen LogP contribution >= 0.6 is 0 Å². The topological polar surface area (TPSA) is 128 Å². The number of nitrogen functional groups attached to an aromatic ring is 1. The summed E-state index contributed by atoms with van der Waals surface area (Å²) in [6.07, 6.45) is 11.8. The van der Waals surface area contributed by atoms with E-state index in [0.29, 0.717) is 34.7 Å². The number of hydrogen-bond donors (Lipinski definition) is 2. The van der Waals surface area contributed by atoms with Gasteiger partial charge in [-0.05, 0) is 24.8 Å². The number of amides is 1. The molecule has 1 unspecified atom stereocenters. The lowest BCUT2D eigenvalue weighted by Crippen LogP contribution is -2.17. The van der Waals surface area contributed by atoms with Crippen LogP contribution in [0.2, 0.25) is 0 Å². The highest BCUT2D eigenvalue weighted by molar-refractivity contribution is 6.03. The van der Waals surface area contributed by atoms with Crippen molar-refractivity contribution < 1.29 is 4.79 Å². The van der Waals surface area contributed by atoms with Crippen molar-refractivity contribution in [1.29, 1.82) is 5.26 Å². The average Bonchev–Trinajstić information content (AvgIpc) is 3.38. The molecule has 0 saturated heterocycles. The fourth-order valence-electron chi connectivity index (χ4n) is 4.13. The van der Waals surface area contributed by atoms with E-state index in [1.54, 1.807) is 23.0 Å². The molecule has 3 aromatic rings. The molecule has 8 nitrogen and oxygen atoms in total. The second kappa shape index (κ2) is 6.76. The van der Waals surface area contributed by atoms with Gasteiger partial charge in [-0.1, -0.05) is 12.8 Å². The standard InChI is InChI=1S/C19H21N7O/c20-6-5-16(12-3-1-2-4-12)25-10-13(8-23-25)18-15(19(22)27)9-24-26-11-14(21)7-17(18)26/h7-12,16H,1-5,21H2,(H2,22,27). The van der Waals surface area contributed by atoms with E-state index >= 15 is 0 Å². The van der Waals surface area contributed by atoms with Crippen LogP contribution in [0.25, 0.3) is 16.6 Å². The zero-order valence-corrected chi connectivity index (χ0v) is 14.9. The summed E-state index contributed by atoms with van der Waals surface area (Å²) in [5.74, 6) is -0.105. The quantitative estimate of drug-likeness (QED) is 0.720. The molecule has 1 aliphatic carbocycles. The van der Waals surface area contributed by atoms with Gasteiger partial charge in [-0.3, -0.25) is 9.48 Å². The predicted octanol–water partition coefficient (Wildman–Crippen LogP) is 2.52. The maximum atomic E-state index is 12.0.